The lowest BCUT2D eigenvalue weighted by Gasteiger charge is -2.33. The van der Waals surface area contributed by atoms with Crippen LogP contribution in [-0.4, -0.2) is 35.8 Å². The van der Waals surface area contributed by atoms with E-state index in [1.54, 1.807) is 6.92 Å². The summed E-state index contributed by atoms with van der Waals surface area (Å²) in [4.78, 5) is 27.1. The van der Waals surface area contributed by atoms with Crippen LogP contribution in [-0.2, 0) is 4.79 Å². The Hall–Kier alpha value is -2.62. The Morgan fingerprint density at radius 3 is 2.07 bits per heavy atom. The smallest absolute Gasteiger partial charge is 0.251 e. The number of hydrogen-bond acceptors (Lipinski definition) is 2. The zero-order valence-electron chi connectivity index (χ0n) is 15.8. The SMILES string of the molecule is C[C@H](NC(=O)c1ccc(-c2ccccc2)cc1)C(=O)N1CCC2(CC1)CC2. The molecule has 1 N–H and O–H groups in total. The number of carbonyl (C=O) groups excluding carboxylic acids is 2. The average molecular weight is 362 g/mol. The van der Waals surface area contributed by atoms with Crippen molar-refractivity contribution >= 4 is 11.8 Å². The van der Waals surface area contributed by atoms with Crippen molar-refractivity contribution in [1.82, 2.24) is 10.2 Å². The van der Waals surface area contributed by atoms with Crippen molar-refractivity contribution in [1.29, 1.82) is 0 Å². The number of carbonyl (C=O) groups is 2. The highest BCUT2D eigenvalue weighted by molar-refractivity contribution is 5.97. The third kappa shape index (κ3) is 3.90. The van der Waals surface area contributed by atoms with E-state index in [4.69, 9.17) is 0 Å². The van der Waals surface area contributed by atoms with Crippen molar-refractivity contribution in [3.8, 4) is 11.1 Å². The van der Waals surface area contributed by atoms with E-state index in [9.17, 15) is 9.59 Å². The number of benzene rings is 2. The summed E-state index contributed by atoms with van der Waals surface area (Å²) in [5, 5.41) is 2.86. The van der Waals surface area contributed by atoms with Crippen molar-refractivity contribution in [2.45, 2.75) is 38.6 Å². The molecule has 4 rings (SSSR count). The van der Waals surface area contributed by atoms with Crippen molar-refractivity contribution in [2.24, 2.45) is 5.41 Å². The Balaban J connectivity index is 1.34. The maximum Gasteiger partial charge on any atom is 0.251 e. The Labute approximate surface area is 160 Å². The van der Waals surface area contributed by atoms with Gasteiger partial charge in [-0.1, -0.05) is 42.5 Å². The summed E-state index contributed by atoms with van der Waals surface area (Å²) in [6.45, 7) is 3.43. The van der Waals surface area contributed by atoms with Crippen LogP contribution >= 0.6 is 0 Å². The molecule has 1 atom stereocenters. The van der Waals surface area contributed by atoms with Crippen LogP contribution in [0.4, 0.5) is 0 Å². The number of likely N-dealkylation sites (tertiary alicyclic amines) is 1. The summed E-state index contributed by atoms with van der Waals surface area (Å²) in [6.07, 6.45) is 4.86. The minimum Gasteiger partial charge on any atom is -0.341 e. The number of rotatable bonds is 4. The molecule has 0 unspecified atom stereocenters. The quantitative estimate of drug-likeness (QED) is 0.897. The molecule has 27 heavy (non-hydrogen) atoms. The maximum atomic E-state index is 12.6. The monoisotopic (exact) mass is 362 g/mol. The van der Waals surface area contributed by atoms with Gasteiger partial charge in [0.05, 0.1) is 0 Å². The Morgan fingerprint density at radius 1 is 0.889 bits per heavy atom. The first-order valence-electron chi connectivity index (χ1n) is 9.82. The second kappa shape index (κ2) is 7.18. The van der Waals surface area contributed by atoms with Crippen molar-refractivity contribution in [3.05, 3.63) is 60.2 Å². The summed E-state index contributed by atoms with van der Waals surface area (Å²) in [5.41, 5.74) is 3.30. The number of nitrogens with one attached hydrogen (secondary N) is 1. The molecule has 2 aromatic carbocycles. The van der Waals surface area contributed by atoms with Crippen LogP contribution in [0.5, 0.6) is 0 Å². The van der Waals surface area contributed by atoms with E-state index in [1.807, 2.05) is 59.5 Å². The molecule has 1 spiro atoms. The first-order chi connectivity index (χ1) is 13.1. The highest BCUT2D eigenvalue weighted by atomic mass is 16.2. The van der Waals surface area contributed by atoms with E-state index in [-0.39, 0.29) is 11.8 Å². The standard InChI is InChI=1S/C23H26N2O2/c1-17(22(27)25-15-13-23(11-12-23)14-16-25)24-21(26)20-9-7-19(8-10-20)18-5-3-2-4-6-18/h2-10,17H,11-16H2,1H3,(H,24,26)/t17-/m0/s1. The van der Waals surface area contributed by atoms with Crippen LogP contribution in [0.25, 0.3) is 11.1 Å². The lowest BCUT2D eigenvalue weighted by molar-refractivity contribution is -0.134. The van der Waals surface area contributed by atoms with Gasteiger partial charge in [0, 0.05) is 18.7 Å². The third-order valence-electron chi connectivity index (χ3n) is 6.07. The normalized spacial score (nSPS) is 18.8. The fourth-order valence-electron chi connectivity index (χ4n) is 3.94. The van der Waals surface area contributed by atoms with E-state index >= 15 is 0 Å². The lowest BCUT2D eigenvalue weighted by atomic mass is 9.93. The number of piperidine rings is 1. The van der Waals surface area contributed by atoms with Crippen LogP contribution in [0.3, 0.4) is 0 Å². The predicted octanol–water partition coefficient (Wildman–Crippen LogP) is 3.87. The van der Waals surface area contributed by atoms with Gasteiger partial charge in [-0.3, -0.25) is 9.59 Å². The molecule has 2 amide bonds. The second-order valence-corrected chi connectivity index (χ2v) is 7.96. The van der Waals surface area contributed by atoms with E-state index < -0.39 is 6.04 Å². The zero-order chi connectivity index (χ0) is 18.9. The summed E-state index contributed by atoms with van der Waals surface area (Å²) < 4.78 is 0. The summed E-state index contributed by atoms with van der Waals surface area (Å²) in [7, 11) is 0. The Bertz CT molecular complexity index is 815. The lowest BCUT2D eigenvalue weighted by Crippen LogP contribution is -2.49. The fourth-order valence-corrected chi connectivity index (χ4v) is 3.94. The largest absolute Gasteiger partial charge is 0.341 e. The summed E-state index contributed by atoms with van der Waals surface area (Å²) in [6, 6.07) is 17.1. The Morgan fingerprint density at radius 2 is 1.48 bits per heavy atom. The molecule has 1 aliphatic carbocycles. The van der Waals surface area contributed by atoms with Crippen molar-refractivity contribution in [3.63, 3.8) is 0 Å². The van der Waals surface area contributed by atoms with Gasteiger partial charge in [0.15, 0.2) is 0 Å². The van der Waals surface area contributed by atoms with Gasteiger partial charge in [-0.15, -0.1) is 0 Å². The zero-order valence-corrected chi connectivity index (χ0v) is 15.8. The van der Waals surface area contributed by atoms with Crippen LogP contribution in [0.2, 0.25) is 0 Å². The van der Waals surface area contributed by atoms with E-state index in [2.05, 4.69) is 5.32 Å². The molecule has 4 nitrogen and oxygen atoms in total. The summed E-state index contributed by atoms with van der Waals surface area (Å²) in [5.74, 6) is -0.175. The van der Waals surface area contributed by atoms with Crippen molar-refractivity contribution < 1.29 is 9.59 Å². The number of nitrogens with zero attached hydrogens (tertiary/aromatic N) is 1. The first kappa shape index (κ1) is 17.8. The molecular formula is C23H26N2O2. The van der Waals surface area contributed by atoms with E-state index in [1.165, 1.54) is 12.8 Å². The van der Waals surface area contributed by atoms with Crippen LogP contribution in [0.1, 0.15) is 43.0 Å². The number of hydrogen-bond donors (Lipinski definition) is 1. The van der Waals surface area contributed by atoms with Gasteiger partial charge < -0.3 is 10.2 Å². The molecule has 1 aliphatic heterocycles. The predicted molar refractivity (Wildman–Crippen MR) is 106 cm³/mol. The minimum atomic E-state index is -0.500. The molecule has 2 aromatic rings. The minimum absolute atomic E-state index is 0.0276. The molecule has 140 valence electrons. The molecule has 0 aromatic heterocycles. The number of amides is 2. The molecule has 1 saturated heterocycles. The molecule has 1 saturated carbocycles. The highest BCUT2D eigenvalue weighted by Crippen LogP contribution is 2.53. The molecule has 0 bridgehead atoms. The molecule has 1 heterocycles. The second-order valence-electron chi connectivity index (χ2n) is 7.96. The van der Waals surface area contributed by atoms with E-state index in [0.29, 0.717) is 11.0 Å². The van der Waals surface area contributed by atoms with Gasteiger partial charge in [0.25, 0.3) is 5.91 Å². The van der Waals surface area contributed by atoms with Crippen LogP contribution < -0.4 is 5.32 Å². The van der Waals surface area contributed by atoms with Gasteiger partial charge in [0.2, 0.25) is 5.91 Å². The average Bonchev–Trinajstić information content (AvgIpc) is 3.47. The van der Waals surface area contributed by atoms with Crippen LogP contribution in [0.15, 0.2) is 54.6 Å². The molecule has 2 aliphatic rings. The maximum absolute atomic E-state index is 12.6. The van der Waals surface area contributed by atoms with Gasteiger partial charge in [-0.25, -0.2) is 0 Å². The third-order valence-corrected chi connectivity index (χ3v) is 6.07. The Kier molecular flexibility index (Phi) is 4.73. The van der Waals surface area contributed by atoms with E-state index in [0.717, 1.165) is 37.1 Å². The fraction of sp³-hybridized carbons (Fsp3) is 0.391. The molecule has 0 radical (unpaired) electrons. The van der Waals surface area contributed by atoms with Gasteiger partial charge in [-0.05, 0) is 61.3 Å². The first-order valence-corrected chi connectivity index (χ1v) is 9.82. The summed E-state index contributed by atoms with van der Waals surface area (Å²) >= 11 is 0. The van der Waals surface area contributed by atoms with Gasteiger partial charge >= 0.3 is 0 Å². The van der Waals surface area contributed by atoms with Gasteiger partial charge in [0.1, 0.15) is 6.04 Å². The molecular weight excluding hydrogens is 336 g/mol. The molecule has 4 heteroatoms. The highest BCUT2D eigenvalue weighted by Gasteiger charge is 2.45. The van der Waals surface area contributed by atoms with Crippen molar-refractivity contribution in [2.75, 3.05) is 13.1 Å². The topological polar surface area (TPSA) is 49.4 Å². The van der Waals surface area contributed by atoms with Crippen LogP contribution in [0, 0.1) is 5.41 Å². The van der Waals surface area contributed by atoms with Gasteiger partial charge in [-0.2, -0.15) is 0 Å². The molecule has 2 fully saturated rings.